The van der Waals surface area contributed by atoms with Crippen LogP contribution in [0.1, 0.15) is 16.9 Å². The number of hydrogen-bond acceptors (Lipinski definition) is 1. The largest absolute Gasteiger partial charge is 0.283 e. The summed E-state index contributed by atoms with van der Waals surface area (Å²) in [6.07, 6.45) is 1.30. The molecule has 0 atom stereocenters. The summed E-state index contributed by atoms with van der Waals surface area (Å²) in [4.78, 5) is 11.6. The summed E-state index contributed by atoms with van der Waals surface area (Å²) in [5.74, 6) is -0.196. The summed E-state index contributed by atoms with van der Waals surface area (Å²) in [7, 11) is 0. The fourth-order valence-electron chi connectivity index (χ4n) is 2.14. The molecule has 0 unspecified atom stereocenters. The Bertz CT molecular complexity index is 588. The van der Waals surface area contributed by atoms with Gasteiger partial charge in [0.25, 0.3) is 0 Å². The first-order valence-corrected chi connectivity index (χ1v) is 5.49. The van der Waals surface area contributed by atoms with Gasteiger partial charge in [0.2, 0.25) is 5.91 Å². The molecule has 1 aromatic heterocycles. The van der Waals surface area contributed by atoms with E-state index in [9.17, 15) is 9.18 Å². The molecule has 2 heterocycles. The van der Waals surface area contributed by atoms with Crippen LogP contribution in [0.4, 0.5) is 4.39 Å². The van der Waals surface area contributed by atoms with E-state index in [1.54, 1.807) is 4.57 Å². The molecule has 2 nitrogen and oxygen atoms in total. The van der Waals surface area contributed by atoms with Gasteiger partial charge in [0.1, 0.15) is 5.82 Å². The van der Waals surface area contributed by atoms with Crippen molar-refractivity contribution in [2.45, 2.75) is 12.8 Å². The molecule has 0 saturated heterocycles. The third-order valence-corrected chi connectivity index (χ3v) is 3.34. The van der Waals surface area contributed by atoms with Crippen LogP contribution >= 0.6 is 15.9 Å². The molecule has 15 heavy (non-hydrogen) atoms. The van der Waals surface area contributed by atoms with Gasteiger partial charge in [0.15, 0.2) is 0 Å². The molecule has 4 heteroatoms. The average molecular weight is 268 g/mol. The Hall–Kier alpha value is -1.16. The molecule has 1 aliphatic rings. The van der Waals surface area contributed by atoms with Gasteiger partial charge in [0, 0.05) is 22.0 Å². The van der Waals surface area contributed by atoms with Crippen LogP contribution in [0.3, 0.4) is 0 Å². The van der Waals surface area contributed by atoms with Crippen LogP contribution in [0.15, 0.2) is 22.7 Å². The van der Waals surface area contributed by atoms with Gasteiger partial charge in [-0.1, -0.05) is 0 Å². The number of carbonyl (C=O) groups is 1. The quantitative estimate of drug-likeness (QED) is 0.719. The number of carbonyl (C=O) groups excluding carboxylic acids is 1. The number of aryl methyl sites for hydroxylation is 1. The highest BCUT2D eigenvalue weighted by molar-refractivity contribution is 9.10. The second kappa shape index (κ2) is 2.92. The summed E-state index contributed by atoms with van der Waals surface area (Å²) in [6.45, 7) is 0. The SMILES string of the molecule is O=C1CCc2cc3cc(F)cc(Br)c3n21. The topological polar surface area (TPSA) is 22.0 Å². The van der Waals surface area contributed by atoms with Crippen molar-refractivity contribution in [2.24, 2.45) is 0 Å². The van der Waals surface area contributed by atoms with Gasteiger partial charge in [-0.25, -0.2) is 4.39 Å². The van der Waals surface area contributed by atoms with Crippen LogP contribution in [-0.2, 0) is 6.42 Å². The van der Waals surface area contributed by atoms with Crippen molar-refractivity contribution in [2.75, 3.05) is 0 Å². The van der Waals surface area contributed by atoms with Gasteiger partial charge in [-0.2, -0.15) is 0 Å². The Labute approximate surface area is 93.8 Å². The fraction of sp³-hybridized carbons (Fsp3) is 0.182. The van der Waals surface area contributed by atoms with E-state index in [0.717, 1.165) is 23.0 Å². The van der Waals surface area contributed by atoms with Gasteiger partial charge in [-0.3, -0.25) is 9.36 Å². The third-order valence-electron chi connectivity index (χ3n) is 2.74. The van der Waals surface area contributed by atoms with Crippen LogP contribution in [0, 0.1) is 5.82 Å². The number of rotatable bonds is 0. The molecule has 0 spiro atoms. The average Bonchev–Trinajstić information content (AvgIpc) is 2.66. The van der Waals surface area contributed by atoms with Crippen molar-refractivity contribution in [1.82, 2.24) is 4.57 Å². The predicted octanol–water partition coefficient (Wildman–Crippen LogP) is 3.13. The monoisotopic (exact) mass is 267 g/mol. The lowest BCUT2D eigenvalue weighted by molar-refractivity contribution is 0.0928. The summed E-state index contributed by atoms with van der Waals surface area (Å²) >= 11 is 3.29. The summed E-state index contributed by atoms with van der Waals surface area (Å²) in [5.41, 5.74) is 1.76. The van der Waals surface area contributed by atoms with Crippen molar-refractivity contribution in [3.8, 4) is 0 Å². The Morgan fingerprint density at radius 3 is 2.87 bits per heavy atom. The number of halogens is 2. The second-order valence-electron chi connectivity index (χ2n) is 3.69. The van der Waals surface area contributed by atoms with Crippen LogP contribution in [-0.4, -0.2) is 10.5 Å². The molecule has 0 saturated carbocycles. The van der Waals surface area contributed by atoms with Crippen LogP contribution in [0.2, 0.25) is 0 Å². The Kier molecular flexibility index (Phi) is 1.77. The molecule has 0 radical (unpaired) electrons. The van der Waals surface area contributed by atoms with E-state index >= 15 is 0 Å². The van der Waals surface area contributed by atoms with E-state index in [1.165, 1.54) is 12.1 Å². The maximum atomic E-state index is 13.1. The smallest absolute Gasteiger partial charge is 0.231 e. The number of hydrogen-bond donors (Lipinski definition) is 0. The molecule has 2 aromatic rings. The Morgan fingerprint density at radius 2 is 2.07 bits per heavy atom. The lowest BCUT2D eigenvalue weighted by Gasteiger charge is -2.01. The molecule has 1 aromatic carbocycles. The van der Waals surface area contributed by atoms with Crippen molar-refractivity contribution in [3.05, 3.63) is 34.2 Å². The Balaban J connectivity index is 2.47. The molecule has 0 N–H and O–H groups in total. The van der Waals surface area contributed by atoms with E-state index in [-0.39, 0.29) is 11.7 Å². The zero-order valence-corrected chi connectivity index (χ0v) is 9.34. The number of aromatic nitrogens is 1. The minimum Gasteiger partial charge on any atom is -0.283 e. The first-order chi connectivity index (χ1) is 7.16. The van der Waals surface area contributed by atoms with E-state index in [0.29, 0.717) is 10.9 Å². The maximum absolute atomic E-state index is 13.1. The minimum atomic E-state index is -0.286. The Morgan fingerprint density at radius 1 is 1.27 bits per heavy atom. The lowest BCUT2D eigenvalue weighted by atomic mass is 10.2. The lowest BCUT2D eigenvalue weighted by Crippen LogP contribution is -2.03. The summed E-state index contributed by atoms with van der Waals surface area (Å²) < 4.78 is 15.5. The standard InChI is InChI=1S/C11H7BrFNO/c12-9-5-7(13)3-6-4-8-1-2-10(15)14(8)11(6)9/h3-5H,1-2H2. The molecular formula is C11H7BrFNO. The number of benzene rings is 1. The van der Waals surface area contributed by atoms with Crippen molar-refractivity contribution in [1.29, 1.82) is 0 Å². The molecule has 0 aliphatic carbocycles. The van der Waals surface area contributed by atoms with Crippen LogP contribution < -0.4 is 0 Å². The molecule has 3 rings (SSSR count). The van der Waals surface area contributed by atoms with Gasteiger partial charge in [0.05, 0.1) is 5.52 Å². The van der Waals surface area contributed by atoms with Crippen molar-refractivity contribution < 1.29 is 9.18 Å². The summed E-state index contributed by atoms with van der Waals surface area (Å²) in [6, 6.07) is 4.73. The molecular weight excluding hydrogens is 261 g/mol. The van der Waals surface area contributed by atoms with E-state index in [2.05, 4.69) is 15.9 Å². The molecule has 0 amide bonds. The van der Waals surface area contributed by atoms with E-state index in [1.807, 2.05) is 6.07 Å². The highest BCUT2D eigenvalue weighted by Gasteiger charge is 2.23. The molecule has 0 bridgehead atoms. The molecule has 1 aliphatic heterocycles. The molecule has 0 fully saturated rings. The second-order valence-corrected chi connectivity index (χ2v) is 4.54. The van der Waals surface area contributed by atoms with Crippen LogP contribution in [0.5, 0.6) is 0 Å². The maximum Gasteiger partial charge on any atom is 0.231 e. The number of nitrogens with zero attached hydrogens (tertiary/aromatic N) is 1. The minimum absolute atomic E-state index is 0.0901. The highest BCUT2D eigenvalue weighted by Crippen LogP contribution is 2.32. The van der Waals surface area contributed by atoms with E-state index in [4.69, 9.17) is 0 Å². The van der Waals surface area contributed by atoms with Crippen molar-refractivity contribution in [3.63, 3.8) is 0 Å². The van der Waals surface area contributed by atoms with E-state index < -0.39 is 0 Å². The van der Waals surface area contributed by atoms with Crippen molar-refractivity contribution >= 4 is 32.7 Å². The highest BCUT2D eigenvalue weighted by atomic mass is 79.9. The fourth-order valence-corrected chi connectivity index (χ4v) is 2.76. The third kappa shape index (κ3) is 1.17. The zero-order valence-electron chi connectivity index (χ0n) is 7.76. The first kappa shape index (κ1) is 9.09. The number of fused-ring (bicyclic) bond motifs is 3. The zero-order chi connectivity index (χ0) is 10.6. The van der Waals surface area contributed by atoms with Gasteiger partial charge >= 0.3 is 0 Å². The van der Waals surface area contributed by atoms with Gasteiger partial charge in [-0.15, -0.1) is 0 Å². The normalized spacial score (nSPS) is 14.9. The molecule has 76 valence electrons. The van der Waals surface area contributed by atoms with Crippen LogP contribution in [0.25, 0.3) is 10.9 Å². The van der Waals surface area contributed by atoms with Gasteiger partial charge in [-0.05, 0) is 40.5 Å². The predicted molar refractivity (Wildman–Crippen MR) is 58.5 cm³/mol. The van der Waals surface area contributed by atoms with Gasteiger partial charge < -0.3 is 0 Å². The first-order valence-electron chi connectivity index (χ1n) is 4.69. The summed E-state index contributed by atoms with van der Waals surface area (Å²) in [5, 5.41) is 0.782.